The van der Waals surface area contributed by atoms with E-state index in [1.54, 1.807) is 6.08 Å². The van der Waals surface area contributed by atoms with Gasteiger partial charge in [-0.05, 0) is 37.9 Å². The largest absolute Gasteiger partial charge is 0.323 e. The summed E-state index contributed by atoms with van der Waals surface area (Å²) >= 11 is 0. The van der Waals surface area contributed by atoms with E-state index < -0.39 is 9.04 Å². The van der Waals surface area contributed by atoms with Gasteiger partial charge in [0, 0.05) is 23.1 Å². The highest BCUT2D eigenvalue weighted by Crippen LogP contribution is 2.53. The van der Waals surface area contributed by atoms with Crippen molar-refractivity contribution in [3.63, 3.8) is 0 Å². The number of benzene rings is 2. The summed E-state index contributed by atoms with van der Waals surface area (Å²) in [5.41, 5.74) is 3.66. The smallest absolute Gasteiger partial charge is 0.208 e. The van der Waals surface area contributed by atoms with Crippen LogP contribution in [0.5, 0.6) is 0 Å². The zero-order valence-electron chi connectivity index (χ0n) is 18.7. The fourth-order valence-corrected chi connectivity index (χ4v) is 5.58. The minimum absolute atomic E-state index is 0.000524. The minimum atomic E-state index is -1.41. The number of hydrogen-bond acceptors (Lipinski definition) is 3. The third kappa shape index (κ3) is 4.24. The molecule has 0 saturated carbocycles. The van der Waals surface area contributed by atoms with E-state index in [4.69, 9.17) is 4.53 Å². The van der Waals surface area contributed by atoms with Gasteiger partial charge in [-0.1, -0.05) is 75.4 Å². The van der Waals surface area contributed by atoms with Gasteiger partial charge in [-0.15, -0.1) is 0 Å². The highest BCUT2D eigenvalue weighted by molar-refractivity contribution is 6.48. The lowest BCUT2D eigenvalue weighted by molar-refractivity contribution is -0.108. The molecule has 3 rings (SSSR count). The molecule has 1 atom stereocenters. The predicted molar refractivity (Wildman–Crippen MR) is 123 cm³/mol. The minimum Gasteiger partial charge on any atom is -0.323 e. The molecule has 0 bridgehead atoms. The number of carbonyl (C=O) groups is 1. The highest BCUT2D eigenvalue weighted by atomic mass is 28.3. The van der Waals surface area contributed by atoms with E-state index in [1.807, 2.05) is 41.5 Å². The molecule has 1 aliphatic heterocycles. The predicted octanol–water partition coefficient (Wildman–Crippen LogP) is 6.05. The number of allylic oxidation sites excluding steroid dienone is 1. The molecule has 2 aromatic carbocycles. The Balaban J connectivity index is 2.23. The third-order valence-corrected chi connectivity index (χ3v) is 6.14. The van der Waals surface area contributed by atoms with Gasteiger partial charge in [-0.2, -0.15) is 0 Å². The van der Waals surface area contributed by atoms with Crippen LogP contribution in [-0.4, -0.2) is 25.4 Å². The molecule has 0 spiro atoms. The van der Waals surface area contributed by atoms with Crippen LogP contribution in [0, 0.1) is 5.41 Å². The van der Waals surface area contributed by atoms with E-state index >= 15 is 0 Å². The molecular weight excluding hydrogens is 374 g/mol. The Morgan fingerprint density at radius 2 is 1.62 bits per heavy atom. The second-order valence-corrected chi connectivity index (χ2v) is 12.1. The van der Waals surface area contributed by atoms with Crippen molar-refractivity contribution in [2.45, 2.75) is 59.2 Å². The number of fused-ring (bicyclic) bond motifs is 1. The van der Waals surface area contributed by atoms with Crippen LogP contribution in [0.1, 0.15) is 62.0 Å². The highest BCUT2D eigenvalue weighted by Gasteiger charge is 2.49. The van der Waals surface area contributed by atoms with E-state index in [9.17, 15) is 4.79 Å². The van der Waals surface area contributed by atoms with Crippen LogP contribution in [0.15, 0.2) is 60.7 Å². The molecule has 0 amide bonds. The maximum Gasteiger partial charge on any atom is 0.208 e. The zero-order valence-corrected chi connectivity index (χ0v) is 19.8. The van der Waals surface area contributed by atoms with Crippen molar-refractivity contribution in [3.05, 3.63) is 77.4 Å². The summed E-state index contributed by atoms with van der Waals surface area (Å²) < 4.78 is 6.49. The standard InChI is InChI=1S/C25H33NO2Si/c1-24(2,3)23-20-16-12-11-15-19(20)21(26(25(23,4)5)28-29(6)7)17-22(27)18-13-9-8-10-14-18/h8-17,23,29H,1-7H3. The molecule has 0 aliphatic carbocycles. The summed E-state index contributed by atoms with van der Waals surface area (Å²) in [4.78, 5) is 13.1. The molecule has 0 aromatic heterocycles. The Morgan fingerprint density at radius 3 is 2.21 bits per heavy atom. The first kappa shape index (κ1) is 21.5. The Kier molecular flexibility index (Phi) is 5.88. The normalized spacial score (nSPS) is 20.1. The Labute approximate surface area is 177 Å². The Bertz CT molecular complexity index is 910. The van der Waals surface area contributed by atoms with Gasteiger partial charge < -0.3 is 4.53 Å². The van der Waals surface area contributed by atoms with E-state index in [1.165, 1.54) is 5.56 Å². The lowest BCUT2D eigenvalue weighted by atomic mass is 9.63. The number of hydrogen-bond donors (Lipinski definition) is 0. The van der Waals surface area contributed by atoms with Gasteiger partial charge in [0.15, 0.2) is 5.78 Å². The van der Waals surface area contributed by atoms with Crippen molar-refractivity contribution in [1.29, 1.82) is 0 Å². The molecule has 4 heteroatoms. The maximum absolute atomic E-state index is 13.1. The summed E-state index contributed by atoms with van der Waals surface area (Å²) in [6, 6.07) is 17.9. The quantitative estimate of drug-likeness (QED) is 0.351. The average Bonchev–Trinajstić information content (AvgIpc) is 2.63. The van der Waals surface area contributed by atoms with E-state index in [-0.39, 0.29) is 22.7 Å². The lowest BCUT2D eigenvalue weighted by Gasteiger charge is -2.54. The first-order valence-corrected chi connectivity index (χ1v) is 13.2. The van der Waals surface area contributed by atoms with Crippen molar-refractivity contribution < 1.29 is 9.32 Å². The SMILES string of the molecule is C[SiH](C)ON1C(=CC(=O)c2ccccc2)c2ccccc2C(C(C)(C)C)C1(C)C. The van der Waals surface area contributed by atoms with Crippen LogP contribution >= 0.6 is 0 Å². The number of rotatable bonds is 4. The molecule has 1 heterocycles. The number of hydroxylamine groups is 2. The number of carbonyl (C=O) groups excluding carboxylic acids is 1. The van der Waals surface area contributed by atoms with E-state index in [2.05, 4.69) is 65.9 Å². The van der Waals surface area contributed by atoms with Crippen LogP contribution in [0.4, 0.5) is 0 Å². The van der Waals surface area contributed by atoms with E-state index in [0.29, 0.717) is 5.56 Å². The molecule has 0 N–H and O–H groups in total. The van der Waals surface area contributed by atoms with Crippen LogP contribution in [0.25, 0.3) is 5.70 Å². The third-order valence-electron chi connectivity index (χ3n) is 5.50. The van der Waals surface area contributed by atoms with Gasteiger partial charge in [-0.3, -0.25) is 9.86 Å². The molecule has 1 aliphatic rings. The fraction of sp³-hybridized carbons (Fsp3) is 0.400. The zero-order chi connectivity index (χ0) is 21.4. The summed E-state index contributed by atoms with van der Waals surface area (Å²) in [5.74, 6) is 0.252. The second-order valence-electron chi connectivity index (χ2n) is 9.75. The fourth-order valence-electron chi connectivity index (χ4n) is 4.78. The Morgan fingerprint density at radius 1 is 1.03 bits per heavy atom. The summed E-state index contributed by atoms with van der Waals surface area (Å²) in [7, 11) is -1.41. The Hall–Kier alpha value is -2.17. The van der Waals surface area contributed by atoms with Gasteiger partial charge in [0.25, 0.3) is 0 Å². The topological polar surface area (TPSA) is 29.5 Å². The number of nitrogens with zero attached hydrogens (tertiary/aromatic N) is 1. The average molecular weight is 408 g/mol. The monoisotopic (exact) mass is 407 g/mol. The lowest BCUT2D eigenvalue weighted by Crippen LogP contribution is -2.55. The van der Waals surface area contributed by atoms with Crippen molar-refractivity contribution >= 4 is 20.5 Å². The molecular formula is C25H33NO2Si. The first-order valence-electron chi connectivity index (χ1n) is 10.4. The molecule has 0 saturated heterocycles. The first-order chi connectivity index (χ1) is 13.5. The van der Waals surface area contributed by atoms with Gasteiger partial charge in [0.1, 0.15) is 0 Å². The van der Waals surface area contributed by atoms with Crippen LogP contribution in [0.2, 0.25) is 13.1 Å². The molecule has 1 unspecified atom stereocenters. The summed E-state index contributed by atoms with van der Waals surface area (Å²) in [6.45, 7) is 15.6. The molecule has 3 nitrogen and oxygen atoms in total. The molecule has 154 valence electrons. The van der Waals surface area contributed by atoms with Gasteiger partial charge in [-0.25, -0.2) is 0 Å². The van der Waals surface area contributed by atoms with Crippen molar-refractivity contribution in [3.8, 4) is 0 Å². The summed E-state index contributed by atoms with van der Waals surface area (Å²) in [6.07, 6.45) is 1.76. The van der Waals surface area contributed by atoms with Crippen LogP contribution < -0.4 is 0 Å². The second kappa shape index (κ2) is 7.92. The maximum atomic E-state index is 13.1. The van der Waals surface area contributed by atoms with Crippen LogP contribution in [0.3, 0.4) is 0 Å². The number of ketones is 1. The van der Waals surface area contributed by atoms with Crippen molar-refractivity contribution in [2.75, 3.05) is 0 Å². The molecule has 2 aromatic rings. The summed E-state index contributed by atoms with van der Waals surface area (Å²) in [5, 5.41) is 2.04. The van der Waals surface area contributed by atoms with Gasteiger partial charge in [0.05, 0.1) is 11.2 Å². The molecule has 29 heavy (non-hydrogen) atoms. The van der Waals surface area contributed by atoms with Gasteiger partial charge in [0.2, 0.25) is 9.04 Å². The molecule has 0 fully saturated rings. The van der Waals surface area contributed by atoms with E-state index in [0.717, 1.165) is 11.3 Å². The van der Waals surface area contributed by atoms with Crippen molar-refractivity contribution in [1.82, 2.24) is 5.06 Å². The van der Waals surface area contributed by atoms with Crippen molar-refractivity contribution in [2.24, 2.45) is 5.41 Å². The van der Waals surface area contributed by atoms with Crippen LogP contribution in [-0.2, 0) is 4.53 Å². The molecule has 0 radical (unpaired) electrons. The van der Waals surface area contributed by atoms with Gasteiger partial charge >= 0.3 is 0 Å².